The summed E-state index contributed by atoms with van der Waals surface area (Å²) in [6, 6.07) is 5.52. The maximum absolute atomic E-state index is 12.7. The molecule has 0 bridgehead atoms. The van der Waals surface area contributed by atoms with Crippen LogP contribution in [0.3, 0.4) is 0 Å². The summed E-state index contributed by atoms with van der Waals surface area (Å²) in [5.41, 5.74) is 6.28. The van der Waals surface area contributed by atoms with Gasteiger partial charge in [0, 0.05) is 5.69 Å². The van der Waals surface area contributed by atoms with Crippen LogP contribution in [0.4, 0.5) is 14.9 Å². The van der Waals surface area contributed by atoms with Gasteiger partial charge in [-0.05, 0) is 37.1 Å². The number of anilines is 1. The predicted octanol–water partition coefficient (Wildman–Crippen LogP) is 3.04. The van der Waals surface area contributed by atoms with Crippen LogP contribution in [0.25, 0.3) is 0 Å². The van der Waals surface area contributed by atoms with Gasteiger partial charge in [-0.3, -0.25) is 5.32 Å². The van der Waals surface area contributed by atoms with E-state index in [2.05, 4.69) is 5.32 Å². The van der Waals surface area contributed by atoms with Gasteiger partial charge in [-0.2, -0.15) is 0 Å². The van der Waals surface area contributed by atoms with Gasteiger partial charge >= 0.3 is 6.09 Å². The molecule has 0 radical (unpaired) electrons. The van der Waals surface area contributed by atoms with Crippen molar-refractivity contribution in [3.8, 4) is 0 Å². The first-order chi connectivity index (χ1) is 9.07. The lowest BCUT2D eigenvalue weighted by molar-refractivity contribution is 0.112. The summed E-state index contributed by atoms with van der Waals surface area (Å²) in [4.78, 5) is 11.6. The third-order valence-corrected chi connectivity index (χ3v) is 3.43. The number of amides is 1. The summed E-state index contributed by atoms with van der Waals surface area (Å²) in [5.74, 6) is -0.345. The molecule has 0 unspecified atom stereocenters. The van der Waals surface area contributed by atoms with E-state index in [9.17, 15) is 9.18 Å². The Morgan fingerprint density at radius 2 is 1.89 bits per heavy atom. The summed E-state index contributed by atoms with van der Waals surface area (Å²) >= 11 is 0. The van der Waals surface area contributed by atoms with Gasteiger partial charge in [-0.1, -0.05) is 19.3 Å². The lowest BCUT2D eigenvalue weighted by atomic mass is 9.83. The van der Waals surface area contributed by atoms with Crippen molar-refractivity contribution in [2.75, 3.05) is 11.9 Å². The number of carbonyl (C=O) groups excluding carboxylic acids is 1. The van der Waals surface area contributed by atoms with Crippen molar-refractivity contribution in [1.29, 1.82) is 0 Å². The average molecular weight is 266 g/mol. The van der Waals surface area contributed by atoms with E-state index in [4.69, 9.17) is 10.5 Å². The lowest BCUT2D eigenvalue weighted by Crippen LogP contribution is -2.46. The van der Waals surface area contributed by atoms with Crippen molar-refractivity contribution >= 4 is 11.8 Å². The highest BCUT2D eigenvalue weighted by molar-refractivity contribution is 5.84. The topological polar surface area (TPSA) is 64.3 Å². The first-order valence-electron chi connectivity index (χ1n) is 6.56. The maximum atomic E-state index is 12.7. The molecule has 1 aromatic carbocycles. The first-order valence-corrected chi connectivity index (χ1v) is 6.56. The van der Waals surface area contributed by atoms with Crippen LogP contribution < -0.4 is 11.1 Å². The summed E-state index contributed by atoms with van der Waals surface area (Å²) in [6.45, 7) is 0.222. The minimum atomic E-state index is -0.554. The highest BCUT2D eigenvalue weighted by atomic mass is 19.1. The number of carbonyl (C=O) groups is 1. The molecule has 2 rings (SSSR count). The molecule has 1 aliphatic carbocycles. The van der Waals surface area contributed by atoms with Crippen LogP contribution in [0.5, 0.6) is 0 Å². The Morgan fingerprint density at radius 1 is 1.26 bits per heavy atom. The summed E-state index contributed by atoms with van der Waals surface area (Å²) in [5, 5.41) is 2.54. The second-order valence-corrected chi connectivity index (χ2v) is 5.13. The summed E-state index contributed by atoms with van der Waals surface area (Å²) in [7, 11) is 0. The first kappa shape index (κ1) is 13.8. The molecule has 1 amide bonds. The smallest absolute Gasteiger partial charge is 0.411 e. The van der Waals surface area contributed by atoms with E-state index in [0.717, 1.165) is 25.7 Å². The third-order valence-electron chi connectivity index (χ3n) is 3.43. The zero-order chi connectivity index (χ0) is 13.7. The minimum Gasteiger partial charge on any atom is -0.447 e. The molecule has 1 aliphatic rings. The van der Waals surface area contributed by atoms with Crippen molar-refractivity contribution in [1.82, 2.24) is 0 Å². The minimum absolute atomic E-state index is 0.222. The van der Waals surface area contributed by atoms with Crippen molar-refractivity contribution in [3.05, 3.63) is 30.1 Å². The van der Waals surface area contributed by atoms with Crippen molar-refractivity contribution < 1.29 is 13.9 Å². The van der Waals surface area contributed by atoms with Gasteiger partial charge in [0.25, 0.3) is 0 Å². The fourth-order valence-electron chi connectivity index (χ4n) is 2.30. The second kappa shape index (κ2) is 6.02. The van der Waals surface area contributed by atoms with Gasteiger partial charge in [-0.25, -0.2) is 9.18 Å². The number of halogens is 1. The molecule has 4 nitrogen and oxygen atoms in total. The van der Waals surface area contributed by atoms with E-state index < -0.39 is 11.6 Å². The number of rotatable bonds is 3. The number of ether oxygens (including phenoxy) is 1. The number of hydrogen-bond acceptors (Lipinski definition) is 3. The standard InChI is InChI=1S/C14H19FN2O2/c15-11-4-6-12(7-5-11)17-13(18)19-10-14(16)8-2-1-3-9-14/h4-7H,1-3,8-10,16H2,(H,17,18). The van der Waals surface area contributed by atoms with E-state index >= 15 is 0 Å². The van der Waals surface area contributed by atoms with Crippen molar-refractivity contribution in [2.45, 2.75) is 37.6 Å². The molecule has 0 aromatic heterocycles. The molecule has 1 fully saturated rings. The zero-order valence-electron chi connectivity index (χ0n) is 10.8. The van der Waals surface area contributed by atoms with Crippen LogP contribution in [0.2, 0.25) is 0 Å². The van der Waals surface area contributed by atoms with Gasteiger partial charge < -0.3 is 10.5 Å². The van der Waals surface area contributed by atoms with Crippen molar-refractivity contribution in [2.24, 2.45) is 5.73 Å². The molecule has 0 saturated heterocycles. The average Bonchev–Trinajstić information content (AvgIpc) is 2.40. The van der Waals surface area contributed by atoms with Gasteiger partial charge in [0.05, 0.1) is 5.54 Å². The number of nitrogens with two attached hydrogens (primary N) is 1. The molecule has 104 valence electrons. The van der Waals surface area contributed by atoms with E-state index in [0.29, 0.717) is 5.69 Å². The van der Waals surface area contributed by atoms with Gasteiger partial charge in [0.2, 0.25) is 0 Å². The number of nitrogens with one attached hydrogen (secondary N) is 1. The van der Waals surface area contributed by atoms with Crippen LogP contribution in [-0.2, 0) is 4.74 Å². The van der Waals surface area contributed by atoms with Crippen LogP contribution in [0.1, 0.15) is 32.1 Å². The quantitative estimate of drug-likeness (QED) is 0.883. The molecule has 0 aliphatic heterocycles. The van der Waals surface area contributed by atoms with E-state index in [1.54, 1.807) is 0 Å². The molecule has 5 heteroatoms. The Balaban J connectivity index is 1.79. The number of benzene rings is 1. The molecule has 1 saturated carbocycles. The molecule has 1 aromatic rings. The van der Waals surface area contributed by atoms with Crippen LogP contribution in [-0.4, -0.2) is 18.2 Å². The normalized spacial score (nSPS) is 17.8. The predicted molar refractivity (Wildman–Crippen MR) is 71.4 cm³/mol. The Kier molecular flexibility index (Phi) is 4.37. The van der Waals surface area contributed by atoms with Gasteiger partial charge in [0.1, 0.15) is 12.4 Å². The van der Waals surface area contributed by atoms with Crippen molar-refractivity contribution in [3.63, 3.8) is 0 Å². The molecule has 0 heterocycles. The number of hydrogen-bond donors (Lipinski definition) is 2. The van der Waals surface area contributed by atoms with Gasteiger partial charge in [-0.15, -0.1) is 0 Å². The monoisotopic (exact) mass is 266 g/mol. The van der Waals surface area contributed by atoms with Crippen LogP contribution in [0, 0.1) is 5.82 Å². The Morgan fingerprint density at radius 3 is 2.53 bits per heavy atom. The third kappa shape index (κ3) is 4.21. The Labute approximate surface area is 112 Å². The lowest BCUT2D eigenvalue weighted by Gasteiger charge is -2.32. The Hall–Kier alpha value is -1.62. The largest absolute Gasteiger partial charge is 0.447 e. The molecular formula is C14H19FN2O2. The molecule has 0 atom stereocenters. The van der Waals surface area contributed by atoms with E-state index in [1.165, 1.54) is 30.7 Å². The van der Waals surface area contributed by atoms with Crippen LogP contribution in [0.15, 0.2) is 24.3 Å². The highest BCUT2D eigenvalue weighted by Crippen LogP contribution is 2.26. The summed E-state index contributed by atoms with van der Waals surface area (Å²) in [6.07, 6.45) is 4.58. The van der Waals surface area contributed by atoms with Gasteiger partial charge in [0.15, 0.2) is 0 Å². The summed E-state index contributed by atoms with van der Waals surface area (Å²) < 4.78 is 17.9. The van der Waals surface area contributed by atoms with E-state index in [1.807, 2.05) is 0 Å². The fourth-order valence-corrected chi connectivity index (χ4v) is 2.30. The zero-order valence-corrected chi connectivity index (χ0v) is 10.8. The van der Waals surface area contributed by atoms with Crippen LogP contribution >= 0.6 is 0 Å². The molecule has 3 N–H and O–H groups in total. The highest BCUT2D eigenvalue weighted by Gasteiger charge is 2.28. The molecular weight excluding hydrogens is 247 g/mol. The molecule has 19 heavy (non-hydrogen) atoms. The maximum Gasteiger partial charge on any atom is 0.411 e. The fraction of sp³-hybridized carbons (Fsp3) is 0.500. The van der Waals surface area contributed by atoms with E-state index in [-0.39, 0.29) is 12.4 Å². The second-order valence-electron chi connectivity index (χ2n) is 5.13. The SMILES string of the molecule is NC1(COC(=O)Nc2ccc(F)cc2)CCCCC1. The molecule has 0 spiro atoms. The Bertz CT molecular complexity index is 428.